The van der Waals surface area contributed by atoms with Gasteiger partial charge in [-0.3, -0.25) is 9.97 Å². The highest BCUT2D eigenvalue weighted by Crippen LogP contribution is 2.37. The molecule has 3 aromatic carbocycles. The van der Waals surface area contributed by atoms with E-state index in [0.717, 1.165) is 22.5 Å². The maximum atomic E-state index is 10.3. The number of hydrogen-bond acceptors (Lipinski definition) is 7. The van der Waals surface area contributed by atoms with Crippen LogP contribution in [0.1, 0.15) is 11.4 Å². The van der Waals surface area contributed by atoms with Crippen molar-refractivity contribution < 1.29 is 10.2 Å². The molecule has 172 valence electrons. The first kappa shape index (κ1) is 22.0. The molecule has 0 saturated heterocycles. The molecule has 0 atom stereocenters. The third kappa shape index (κ3) is 5.25. The Morgan fingerprint density at radius 2 is 1.34 bits per heavy atom. The van der Waals surface area contributed by atoms with Crippen LogP contribution in [0.5, 0.6) is 11.5 Å². The third-order valence-corrected chi connectivity index (χ3v) is 5.59. The fourth-order valence-corrected chi connectivity index (χ4v) is 3.84. The predicted molar refractivity (Wildman–Crippen MR) is 136 cm³/mol. The van der Waals surface area contributed by atoms with Crippen LogP contribution >= 0.6 is 0 Å². The fraction of sp³-hybridized carbons (Fsp3) is 0.0714. The molecule has 0 unspecified atom stereocenters. The van der Waals surface area contributed by atoms with Crippen LogP contribution in [0.4, 0.5) is 17.1 Å². The molecular weight excluding hydrogens is 438 g/mol. The van der Waals surface area contributed by atoms with Crippen molar-refractivity contribution in [3.63, 3.8) is 0 Å². The highest BCUT2D eigenvalue weighted by atomic mass is 16.3. The summed E-state index contributed by atoms with van der Waals surface area (Å²) in [6.45, 7) is 1.26. The van der Waals surface area contributed by atoms with Crippen molar-refractivity contribution in [2.24, 2.45) is 10.2 Å². The lowest BCUT2D eigenvalue weighted by Gasteiger charge is -2.24. The van der Waals surface area contributed by atoms with E-state index in [1.165, 1.54) is 0 Å². The molecular formula is C28H23N5O2. The van der Waals surface area contributed by atoms with Crippen LogP contribution in [0.15, 0.2) is 114 Å². The van der Waals surface area contributed by atoms with E-state index >= 15 is 0 Å². The zero-order valence-electron chi connectivity index (χ0n) is 18.9. The number of phenolic OH excluding ortho intramolecular Hbond substituents is 2. The van der Waals surface area contributed by atoms with Gasteiger partial charge in [-0.2, -0.15) is 5.11 Å². The zero-order valence-corrected chi connectivity index (χ0v) is 18.9. The summed E-state index contributed by atoms with van der Waals surface area (Å²) in [6, 6.07) is 27.8. The standard InChI is InChI=1S/C28H23N5O2/c34-25-13-7-20-8-14-27(35)28(26(20)17-25)32-31-21-9-11-24(12-10-21)33(18-22-5-1-3-15-29-22)19-23-6-2-4-16-30-23/h1-17,34-35H,18-19H2. The second-order valence-corrected chi connectivity index (χ2v) is 8.05. The summed E-state index contributed by atoms with van der Waals surface area (Å²) in [5, 5.41) is 30.3. The summed E-state index contributed by atoms with van der Waals surface area (Å²) in [7, 11) is 0. The molecule has 0 saturated carbocycles. The zero-order chi connectivity index (χ0) is 24.0. The minimum atomic E-state index is 0.000340. The number of fused-ring (bicyclic) bond motifs is 1. The largest absolute Gasteiger partial charge is 0.508 e. The third-order valence-electron chi connectivity index (χ3n) is 5.59. The summed E-state index contributed by atoms with van der Waals surface area (Å²) in [6.07, 6.45) is 3.58. The van der Waals surface area contributed by atoms with Crippen molar-refractivity contribution in [1.82, 2.24) is 9.97 Å². The second kappa shape index (κ2) is 10.0. The summed E-state index contributed by atoms with van der Waals surface area (Å²) >= 11 is 0. The van der Waals surface area contributed by atoms with Crippen LogP contribution in [0, 0.1) is 0 Å². The topological polar surface area (TPSA) is 94.2 Å². The van der Waals surface area contributed by atoms with Crippen molar-refractivity contribution in [3.05, 3.63) is 115 Å². The average Bonchev–Trinajstić information content (AvgIpc) is 2.89. The molecule has 2 N–H and O–H groups in total. The van der Waals surface area contributed by atoms with E-state index in [9.17, 15) is 10.2 Å². The molecule has 0 spiro atoms. The quantitative estimate of drug-likeness (QED) is 0.264. The smallest absolute Gasteiger partial charge is 0.143 e. The number of pyridine rings is 2. The highest BCUT2D eigenvalue weighted by Gasteiger charge is 2.11. The van der Waals surface area contributed by atoms with Gasteiger partial charge in [-0.25, -0.2) is 0 Å². The van der Waals surface area contributed by atoms with E-state index in [2.05, 4.69) is 25.1 Å². The van der Waals surface area contributed by atoms with E-state index in [1.54, 1.807) is 42.7 Å². The molecule has 5 rings (SSSR count). The molecule has 2 aromatic heterocycles. The summed E-state index contributed by atoms with van der Waals surface area (Å²) in [5.41, 5.74) is 3.87. The molecule has 0 bridgehead atoms. The van der Waals surface area contributed by atoms with E-state index in [-0.39, 0.29) is 11.5 Å². The molecule has 0 aliphatic heterocycles. The molecule has 5 aromatic rings. The lowest BCUT2D eigenvalue weighted by Crippen LogP contribution is -2.23. The first-order valence-corrected chi connectivity index (χ1v) is 11.2. The molecule has 0 aliphatic carbocycles. The lowest BCUT2D eigenvalue weighted by atomic mass is 10.1. The number of hydrogen-bond donors (Lipinski definition) is 2. The minimum absolute atomic E-state index is 0.000340. The Morgan fingerprint density at radius 1 is 0.686 bits per heavy atom. The van der Waals surface area contributed by atoms with Crippen LogP contribution in [-0.4, -0.2) is 20.2 Å². The number of benzene rings is 3. The molecule has 0 aliphatic rings. The monoisotopic (exact) mass is 461 g/mol. The van der Waals surface area contributed by atoms with Crippen molar-refractivity contribution in [2.75, 3.05) is 4.90 Å². The normalized spacial score (nSPS) is 11.2. The van der Waals surface area contributed by atoms with Crippen LogP contribution < -0.4 is 4.90 Å². The van der Waals surface area contributed by atoms with E-state index in [1.807, 2.05) is 60.7 Å². The van der Waals surface area contributed by atoms with Gasteiger partial charge in [0.05, 0.1) is 30.2 Å². The maximum absolute atomic E-state index is 10.3. The number of phenols is 2. The molecule has 0 radical (unpaired) electrons. The Labute approximate surface area is 202 Å². The Balaban J connectivity index is 1.41. The Hall–Kier alpha value is -4.78. The van der Waals surface area contributed by atoms with Crippen LogP contribution in [-0.2, 0) is 13.1 Å². The number of aromatic hydroxyl groups is 2. The van der Waals surface area contributed by atoms with E-state index in [0.29, 0.717) is 29.9 Å². The Kier molecular flexibility index (Phi) is 6.30. The number of aromatic nitrogens is 2. The number of nitrogens with zero attached hydrogens (tertiary/aromatic N) is 5. The fourth-order valence-electron chi connectivity index (χ4n) is 3.84. The van der Waals surface area contributed by atoms with Gasteiger partial charge in [-0.1, -0.05) is 24.3 Å². The number of anilines is 1. The molecule has 35 heavy (non-hydrogen) atoms. The van der Waals surface area contributed by atoms with Gasteiger partial charge >= 0.3 is 0 Å². The van der Waals surface area contributed by atoms with Crippen LogP contribution in [0.2, 0.25) is 0 Å². The minimum Gasteiger partial charge on any atom is -0.508 e. The Morgan fingerprint density at radius 3 is 1.97 bits per heavy atom. The molecule has 2 heterocycles. The van der Waals surface area contributed by atoms with Crippen molar-refractivity contribution in [3.8, 4) is 11.5 Å². The lowest BCUT2D eigenvalue weighted by molar-refractivity contribution is 0.475. The van der Waals surface area contributed by atoms with E-state index < -0.39 is 0 Å². The summed E-state index contributed by atoms with van der Waals surface area (Å²) < 4.78 is 0. The highest BCUT2D eigenvalue weighted by molar-refractivity contribution is 5.96. The average molecular weight is 462 g/mol. The SMILES string of the molecule is Oc1ccc2ccc(O)c(N=Nc3ccc(N(Cc4ccccn4)Cc4ccccn4)cc3)c2c1. The summed E-state index contributed by atoms with van der Waals surface area (Å²) in [4.78, 5) is 11.1. The van der Waals surface area contributed by atoms with Gasteiger partial charge in [0.1, 0.15) is 17.2 Å². The Bertz CT molecular complexity index is 1410. The summed E-state index contributed by atoms with van der Waals surface area (Å²) in [5.74, 6) is 0.102. The molecule has 7 nitrogen and oxygen atoms in total. The van der Waals surface area contributed by atoms with Gasteiger partial charge in [0.2, 0.25) is 0 Å². The van der Waals surface area contributed by atoms with Crippen molar-refractivity contribution in [1.29, 1.82) is 0 Å². The first-order valence-electron chi connectivity index (χ1n) is 11.2. The van der Waals surface area contributed by atoms with Crippen LogP contribution in [0.3, 0.4) is 0 Å². The van der Waals surface area contributed by atoms with Crippen LogP contribution in [0.25, 0.3) is 10.8 Å². The number of azo groups is 1. The van der Waals surface area contributed by atoms with Gasteiger partial charge in [0.15, 0.2) is 0 Å². The predicted octanol–water partition coefficient (Wildman–Crippen LogP) is 6.66. The maximum Gasteiger partial charge on any atom is 0.143 e. The van der Waals surface area contributed by atoms with Gasteiger partial charge < -0.3 is 15.1 Å². The van der Waals surface area contributed by atoms with E-state index in [4.69, 9.17) is 0 Å². The van der Waals surface area contributed by atoms with Gasteiger partial charge in [0, 0.05) is 23.5 Å². The molecule has 0 fully saturated rings. The van der Waals surface area contributed by atoms with Gasteiger partial charge in [-0.05, 0) is 72.1 Å². The molecule has 0 amide bonds. The number of rotatable bonds is 7. The first-order chi connectivity index (χ1) is 17.2. The molecule has 7 heteroatoms. The second-order valence-electron chi connectivity index (χ2n) is 8.05. The van der Waals surface area contributed by atoms with Gasteiger partial charge in [-0.15, -0.1) is 5.11 Å². The van der Waals surface area contributed by atoms with Crippen molar-refractivity contribution >= 4 is 27.8 Å². The van der Waals surface area contributed by atoms with Gasteiger partial charge in [0.25, 0.3) is 0 Å². The van der Waals surface area contributed by atoms with Crippen molar-refractivity contribution in [2.45, 2.75) is 13.1 Å².